The highest BCUT2D eigenvalue weighted by molar-refractivity contribution is 5.82. The zero-order chi connectivity index (χ0) is 15.5. The van der Waals surface area contributed by atoms with Crippen LogP contribution in [-0.4, -0.2) is 4.98 Å². The molecule has 0 atom stereocenters. The van der Waals surface area contributed by atoms with Gasteiger partial charge in [-0.2, -0.15) is 0 Å². The lowest BCUT2D eigenvalue weighted by Gasteiger charge is -2.11. The van der Waals surface area contributed by atoms with Crippen LogP contribution in [0, 0.1) is 5.82 Å². The molecule has 2 aromatic carbocycles. The molecule has 0 spiro atoms. The molecular formula is C18H16FN3. The molecular weight excluding hydrogens is 277 g/mol. The largest absolute Gasteiger partial charge is 0.398 e. The molecule has 0 bridgehead atoms. The van der Waals surface area contributed by atoms with Crippen molar-refractivity contribution in [2.24, 2.45) is 5.73 Å². The second-order valence-corrected chi connectivity index (χ2v) is 5.00. The van der Waals surface area contributed by atoms with Crippen LogP contribution in [0.3, 0.4) is 0 Å². The third-order valence-corrected chi connectivity index (χ3v) is 3.61. The summed E-state index contributed by atoms with van der Waals surface area (Å²) in [4.78, 5) is 4.35. The van der Waals surface area contributed by atoms with Crippen LogP contribution in [0.4, 0.5) is 10.1 Å². The fourth-order valence-corrected chi connectivity index (χ4v) is 2.45. The standard InChI is InChI=1S/C18H16FN3/c19-16-6-2-1-4-15(16)18-14(5-3-9-22-18)12-7-8-13(11-20)17(21)10-12/h1-10H,11,20-21H2. The maximum absolute atomic E-state index is 14.1. The molecule has 0 aliphatic carbocycles. The van der Waals surface area contributed by atoms with E-state index in [2.05, 4.69) is 4.98 Å². The number of nitrogens with zero attached hydrogens (tertiary/aromatic N) is 1. The van der Waals surface area contributed by atoms with E-state index >= 15 is 0 Å². The summed E-state index contributed by atoms with van der Waals surface area (Å²) in [6.45, 7) is 0.388. The number of nitrogen functional groups attached to an aromatic ring is 1. The summed E-state index contributed by atoms with van der Waals surface area (Å²) in [5, 5.41) is 0. The van der Waals surface area contributed by atoms with Gasteiger partial charge in [-0.1, -0.05) is 30.3 Å². The molecule has 3 nitrogen and oxygen atoms in total. The van der Waals surface area contributed by atoms with Crippen LogP contribution < -0.4 is 11.5 Å². The zero-order valence-electron chi connectivity index (χ0n) is 12.0. The van der Waals surface area contributed by atoms with Crippen molar-refractivity contribution in [3.63, 3.8) is 0 Å². The molecule has 0 saturated carbocycles. The Balaban J connectivity index is 2.17. The van der Waals surface area contributed by atoms with Gasteiger partial charge < -0.3 is 11.5 Å². The Labute approximate surface area is 128 Å². The van der Waals surface area contributed by atoms with Gasteiger partial charge in [-0.15, -0.1) is 0 Å². The summed E-state index contributed by atoms with van der Waals surface area (Å²) in [5.74, 6) is -0.297. The number of hydrogen-bond acceptors (Lipinski definition) is 3. The topological polar surface area (TPSA) is 64.9 Å². The van der Waals surface area contributed by atoms with Crippen molar-refractivity contribution in [1.29, 1.82) is 0 Å². The Kier molecular flexibility index (Phi) is 3.85. The molecule has 0 aliphatic heterocycles. The van der Waals surface area contributed by atoms with Crippen LogP contribution in [-0.2, 0) is 6.54 Å². The molecule has 4 N–H and O–H groups in total. The summed E-state index contributed by atoms with van der Waals surface area (Å²) in [5.41, 5.74) is 16.0. The first-order valence-electron chi connectivity index (χ1n) is 6.99. The average Bonchev–Trinajstić information content (AvgIpc) is 2.55. The summed E-state index contributed by atoms with van der Waals surface area (Å²) >= 11 is 0. The number of rotatable bonds is 3. The highest BCUT2D eigenvalue weighted by Crippen LogP contribution is 2.32. The van der Waals surface area contributed by atoms with E-state index < -0.39 is 0 Å². The lowest BCUT2D eigenvalue weighted by molar-refractivity contribution is 0.631. The zero-order valence-corrected chi connectivity index (χ0v) is 12.0. The Bertz CT molecular complexity index is 815. The van der Waals surface area contributed by atoms with Crippen molar-refractivity contribution in [2.45, 2.75) is 6.54 Å². The Morgan fingerprint density at radius 2 is 1.73 bits per heavy atom. The molecule has 22 heavy (non-hydrogen) atoms. The summed E-state index contributed by atoms with van der Waals surface area (Å²) in [6, 6.07) is 16.0. The minimum atomic E-state index is -0.297. The molecule has 0 radical (unpaired) electrons. The lowest BCUT2D eigenvalue weighted by atomic mass is 9.97. The molecule has 0 saturated heterocycles. The first kappa shape index (κ1) is 14.2. The van der Waals surface area contributed by atoms with Gasteiger partial charge in [0.1, 0.15) is 5.82 Å². The van der Waals surface area contributed by atoms with Crippen LogP contribution in [0.1, 0.15) is 5.56 Å². The predicted molar refractivity (Wildman–Crippen MR) is 87.4 cm³/mol. The number of nitrogens with two attached hydrogens (primary N) is 2. The third kappa shape index (κ3) is 2.56. The van der Waals surface area contributed by atoms with Gasteiger partial charge in [0.25, 0.3) is 0 Å². The summed E-state index contributed by atoms with van der Waals surface area (Å²) in [6.07, 6.45) is 1.66. The van der Waals surface area contributed by atoms with Crippen LogP contribution in [0.2, 0.25) is 0 Å². The second-order valence-electron chi connectivity index (χ2n) is 5.00. The molecule has 0 unspecified atom stereocenters. The van der Waals surface area contributed by atoms with E-state index in [-0.39, 0.29) is 5.82 Å². The fraction of sp³-hybridized carbons (Fsp3) is 0.0556. The van der Waals surface area contributed by atoms with Crippen LogP contribution in [0.15, 0.2) is 60.8 Å². The van der Waals surface area contributed by atoms with E-state index in [0.29, 0.717) is 23.5 Å². The molecule has 0 amide bonds. The number of hydrogen-bond donors (Lipinski definition) is 2. The van der Waals surface area contributed by atoms with Crippen molar-refractivity contribution in [3.8, 4) is 22.4 Å². The second kappa shape index (κ2) is 5.95. The van der Waals surface area contributed by atoms with Crippen LogP contribution in [0.25, 0.3) is 22.4 Å². The first-order chi connectivity index (χ1) is 10.7. The van der Waals surface area contributed by atoms with Crippen molar-refractivity contribution in [2.75, 3.05) is 5.73 Å². The third-order valence-electron chi connectivity index (χ3n) is 3.61. The van der Waals surface area contributed by atoms with Crippen molar-refractivity contribution in [3.05, 3.63) is 72.2 Å². The molecule has 1 heterocycles. The fourth-order valence-electron chi connectivity index (χ4n) is 2.45. The number of anilines is 1. The van der Waals surface area contributed by atoms with E-state index in [1.807, 2.05) is 30.3 Å². The van der Waals surface area contributed by atoms with E-state index in [1.54, 1.807) is 24.4 Å². The monoisotopic (exact) mass is 293 g/mol. The smallest absolute Gasteiger partial charge is 0.132 e. The van der Waals surface area contributed by atoms with Gasteiger partial charge in [0.15, 0.2) is 0 Å². The Morgan fingerprint density at radius 1 is 0.955 bits per heavy atom. The van der Waals surface area contributed by atoms with Crippen molar-refractivity contribution in [1.82, 2.24) is 4.98 Å². The van der Waals surface area contributed by atoms with Gasteiger partial charge >= 0.3 is 0 Å². The number of benzene rings is 2. The maximum Gasteiger partial charge on any atom is 0.132 e. The molecule has 110 valence electrons. The highest BCUT2D eigenvalue weighted by atomic mass is 19.1. The van der Waals surface area contributed by atoms with Gasteiger partial charge in [0.05, 0.1) is 5.69 Å². The average molecular weight is 293 g/mol. The molecule has 0 fully saturated rings. The number of pyridine rings is 1. The van der Waals surface area contributed by atoms with E-state index in [4.69, 9.17) is 11.5 Å². The molecule has 0 aliphatic rings. The van der Waals surface area contributed by atoms with E-state index in [9.17, 15) is 4.39 Å². The van der Waals surface area contributed by atoms with Crippen LogP contribution in [0.5, 0.6) is 0 Å². The normalized spacial score (nSPS) is 10.6. The Hall–Kier alpha value is -2.72. The van der Waals surface area contributed by atoms with E-state index in [0.717, 1.165) is 16.7 Å². The lowest BCUT2D eigenvalue weighted by Crippen LogP contribution is -2.01. The molecule has 3 rings (SSSR count). The van der Waals surface area contributed by atoms with Crippen molar-refractivity contribution >= 4 is 5.69 Å². The summed E-state index contributed by atoms with van der Waals surface area (Å²) in [7, 11) is 0. The quantitative estimate of drug-likeness (QED) is 0.725. The van der Waals surface area contributed by atoms with E-state index in [1.165, 1.54) is 6.07 Å². The minimum absolute atomic E-state index is 0.297. The summed E-state index contributed by atoms with van der Waals surface area (Å²) < 4.78 is 14.1. The molecule has 1 aromatic heterocycles. The van der Waals surface area contributed by atoms with Gasteiger partial charge in [-0.05, 0) is 35.4 Å². The minimum Gasteiger partial charge on any atom is -0.398 e. The number of aromatic nitrogens is 1. The SMILES string of the molecule is NCc1ccc(-c2cccnc2-c2ccccc2F)cc1N. The van der Waals surface area contributed by atoms with Gasteiger partial charge in [-0.3, -0.25) is 4.98 Å². The van der Waals surface area contributed by atoms with Crippen LogP contribution >= 0.6 is 0 Å². The number of halogens is 1. The molecule has 4 heteroatoms. The predicted octanol–water partition coefficient (Wildman–Crippen LogP) is 3.60. The van der Waals surface area contributed by atoms with Crippen molar-refractivity contribution < 1.29 is 4.39 Å². The van der Waals surface area contributed by atoms with Gasteiger partial charge in [0, 0.05) is 29.6 Å². The Morgan fingerprint density at radius 3 is 2.45 bits per heavy atom. The highest BCUT2D eigenvalue weighted by Gasteiger charge is 2.12. The maximum atomic E-state index is 14.1. The van der Waals surface area contributed by atoms with Gasteiger partial charge in [-0.25, -0.2) is 4.39 Å². The van der Waals surface area contributed by atoms with Gasteiger partial charge in [0.2, 0.25) is 0 Å². The first-order valence-corrected chi connectivity index (χ1v) is 6.99. The molecule has 3 aromatic rings.